The van der Waals surface area contributed by atoms with E-state index in [0.29, 0.717) is 6.54 Å². The molecule has 26 heavy (non-hydrogen) atoms. The SMILES string of the molecule is COc1ccc2[nH]c3c(c2c1)CCCC3NC(=O)NCc1ccccc1. The van der Waals surface area contributed by atoms with Gasteiger partial charge in [0.15, 0.2) is 0 Å². The number of hydrogen-bond acceptors (Lipinski definition) is 2. The highest BCUT2D eigenvalue weighted by Gasteiger charge is 2.25. The number of aromatic amines is 1. The third kappa shape index (κ3) is 3.25. The third-order valence-corrected chi connectivity index (χ3v) is 5.02. The van der Waals surface area contributed by atoms with E-state index in [9.17, 15) is 4.79 Å². The number of aryl methyl sites for hydroxylation is 1. The molecule has 4 rings (SSSR count). The van der Waals surface area contributed by atoms with Crippen LogP contribution in [0, 0.1) is 0 Å². The van der Waals surface area contributed by atoms with Crippen LogP contribution >= 0.6 is 0 Å². The fraction of sp³-hybridized carbons (Fsp3) is 0.286. The number of carbonyl (C=O) groups excluding carboxylic acids is 1. The summed E-state index contributed by atoms with van der Waals surface area (Å²) in [7, 11) is 1.68. The molecule has 3 N–H and O–H groups in total. The van der Waals surface area contributed by atoms with Crippen molar-refractivity contribution in [2.24, 2.45) is 0 Å². The predicted octanol–water partition coefficient (Wildman–Crippen LogP) is 4.05. The zero-order chi connectivity index (χ0) is 17.9. The van der Waals surface area contributed by atoms with Gasteiger partial charge in [-0.15, -0.1) is 0 Å². The molecule has 0 aliphatic heterocycles. The van der Waals surface area contributed by atoms with E-state index in [1.807, 2.05) is 42.5 Å². The number of amides is 2. The van der Waals surface area contributed by atoms with Gasteiger partial charge in [0.2, 0.25) is 0 Å². The van der Waals surface area contributed by atoms with Crippen molar-refractivity contribution in [3.8, 4) is 5.75 Å². The van der Waals surface area contributed by atoms with Gasteiger partial charge in [0, 0.05) is 23.1 Å². The van der Waals surface area contributed by atoms with Crippen molar-refractivity contribution in [3.05, 3.63) is 65.4 Å². The molecule has 1 aliphatic rings. The lowest BCUT2D eigenvalue weighted by atomic mass is 9.92. The average Bonchev–Trinajstić information content (AvgIpc) is 3.06. The normalized spacial score (nSPS) is 16.1. The van der Waals surface area contributed by atoms with Gasteiger partial charge in [-0.05, 0) is 48.6 Å². The number of H-pyrrole nitrogens is 1. The topological polar surface area (TPSA) is 66.1 Å². The van der Waals surface area contributed by atoms with Crippen molar-refractivity contribution in [2.75, 3.05) is 7.11 Å². The van der Waals surface area contributed by atoms with Crippen LogP contribution in [0.25, 0.3) is 10.9 Å². The maximum absolute atomic E-state index is 12.4. The number of methoxy groups -OCH3 is 1. The van der Waals surface area contributed by atoms with Crippen molar-refractivity contribution in [1.82, 2.24) is 15.6 Å². The molecule has 0 saturated carbocycles. The van der Waals surface area contributed by atoms with Crippen LogP contribution in [0.5, 0.6) is 5.75 Å². The molecule has 0 fully saturated rings. The number of carbonyl (C=O) groups is 1. The van der Waals surface area contributed by atoms with Gasteiger partial charge in [-0.2, -0.15) is 0 Å². The quantitative estimate of drug-likeness (QED) is 0.665. The average molecular weight is 349 g/mol. The first-order chi connectivity index (χ1) is 12.7. The van der Waals surface area contributed by atoms with Gasteiger partial charge in [-0.25, -0.2) is 4.79 Å². The van der Waals surface area contributed by atoms with E-state index >= 15 is 0 Å². The Kier molecular flexibility index (Phi) is 4.52. The van der Waals surface area contributed by atoms with Crippen LogP contribution < -0.4 is 15.4 Å². The van der Waals surface area contributed by atoms with Crippen LogP contribution in [0.3, 0.4) is 0 Å². The van der Waals surface area contributed by atoms with Gasteiger partial charge in [0.25, 0.3) is 0 Å². The summed E-state index contributed by atoms with van der Waals surface area (Å²) in [5, 5.41) is 7.26. The Balaban J connectivity index is 1.49. The first-order valence-electron chi connectivity index (χ1n) is 9.01. The number of nitrogens with one attached hydrogen (secondary N) is 3. The number of fused-ring (bicyclic) bond motifs is 3. The summed E-state index contributed by atoms with van der Waals surface area (Å²) in [5.41, 5.74) is 4.59. The van der Waals surface area contributed by atoms with Crippen LogP contribution in [0.1, 0.15) is 35.7 Å². The minimum Gasteiger partial charge on any atom is -0.497 e. The van der Waals surface area contributed by atoms with Crippen molar-refractivity contribution in [3.63, 3.8) is 0 Å². The van der Waals surface area contributed by atoms with Gasteiger partial charge in [-0.3, -0.25) is 0 Å². The number of benzene rings is 2. The van der Waals surface area contributed by atoms with Gasteiger partial charge < -0.3 is 20.4 Å². The lowest BCUT2D eigenvalue weighted by molar-refractivity contribution is 0.235. The van der Waals surface area contributed by atoms with E-state index in [1.165, 1.54) is 10.9 Å². The van der Waals surface area contributed by atoms with E-state index in [1.54, 1.807) is 7.11 Å². The van der Waals surface area contributed by atoms with Gasteiger partial charge >= 0.3 is 6.03 Å². The van der Waals surface area contributed by atoms with Crippen molar-refractivity contribution in [2.45, 2.75) is 31.8 Å². The first-order valence-corrected chi connectivity index (χ1v) is 9.01. The predicted molar refractivity (Wildman–Crippen MR) is 102 cm³/mol. The second kappa shape index (κ2) is 7.12. The van der Waals surface area contributed by atoms with Crippen molar-refractivity contribution in [1.29, 1.82) is 0 Å². The molecule has 1 heterocycles. The first kappa shape index (κ1) is 16.5. The van der Waals surface area contributed by atoms with E-state index in [4.69, 9.17) is 4.74 Å². The number of hydrogen-bond donors (Lipinski definition) is 3. The summed E-state index contributed by atoms with van der Waals surface area (Å²) in [5.74, 6) is 0.856. The lowest BCUT2D eigenvalue weighted by Crippen LogP contribution is -2.38. The van der Waals surface area contributed by atoms with Gasteiger partial charge in [0.1, 0.15) is 5.75 Å². The highest BCUT2D eigenvalue weighted by atomic mass is 16.5. The van der Waals surface area contributed by atoms with Crippen LogP contribution in [0.2, 0.25) is 0 Å². The zero-order valence-corrected chi connectivity index (χ0v) is 14.8. The van der Waals surface area contributed by atoms with E-state index in [2.05, 4.69) is 21.7 Å². The molecule has 2 aromatic carbocycles. The summed E-state index contributed by atoms with van der Waals surface area (Å²) in [4.78, 5) is 15.9. The van der Waals surface area contributed by atoms with Crippen molar-refractivity contribution >= 4 is 16.9 Å². The van der Waals surface area contributed by atoms with Crippen LogP contribution in [-0.2, 0) is 13.0 Å². The Morgan fingerprint density at radius 2 is 2.08 bits per heavy atom. The molecule has 0 saturated heterocycles. The summed E-state index contributed by atoms with van der Waals surface area (Å²) in [6, 6.07) is 15.9. The number of urea groups is 1. The largest absolute Gasteiger partial charge is 0.497 e. The maximum Gasteiger partial charge on any atom is 0.315 e. The van der Waals surface area contributed by atoms with Gasteiger partial charge in [-0.1, -0.05) is 30.3 Å². The second-order valence-corrected chi connectivity index (χ2v) is 6.69. The summed E-state index contributed by atoms with van der Waals surface area (Å²) in [6.07, 6.45) is 3.02. The summed E-state index contributed by atoms with van der Waals surface area (Å²) < 4.78 is 5.35. The second-order valence-electron chi connectivity index (χ2n) is 6.69. The van der Waals surface area contributed by atoms with Crippen LogP contribution in [-0.4, -0.2) is 18.1 Å². The molecule has 3 aromatic rings. The molecule has 0 radical (unpaired) electrons. The Morgan fingerprint density at radius 3 is 2.88 bits per heavy atom. The molecule has 0 spiro atoms. The molecule has 1 aromatic heterocycles. The summed E-state index contributed by atoms with van der Waals surface area (Å²) >= 11 is 0. The summed E-state index contributed by atoms with van der Waals surface area (Å²) in [6.45, 7) is 0.524. The van der Waals surface area contributed by atoms with Crippen LogP contribution in [0.15, 0.2) is 48.5 Å². The number of rotatable bonds is 4. The number of ether oxygens (including phenoxy) is 1. The Morgan fingerprint density at radius 1 is 1.23 bits per heavy atom. The zero-order valence-electron chi connectivity index (χ0n) is 14.8. The standard InChI is InChI=1S/C21H23N3O2/c1-26-15-10-11-18-17(12-15)16-8-5-9-19(20(16)23-18)24-21(25)22-13-14-6-3-2-4-7-14/h2-4,6-7,10-12,19,23H,5,8-9,13H2,1H3,(H2,22,24,25). The third-order valence-electron chi connectivity index (χ3n) is 5.02. The molecule has 1 unspecified atom stereocenters. The number of aromatic nitrogens is 1. The molecule has 0 bridgehead atoms. The molecule has 2 amide bonds. The molecule has 1 atom stereocenters. The molecular weight excluding hydrogens is 326 g/mol. The Hall–Kier alpha value is -2.95. The van der Waals surface area contributed by atoms with E-state index in [-0.39, 0.29) is 12.1 Å². The molecule has 134 valence electrons. The van der Waals surface area contributed by atoms with Crippen LogP contribution in [0.4, 0.5) is 4.79 Å². The fourth-order valence-corrected chi connectivity index (χ4v) is 3.70. The Labute approximate surface area is 152 Å². The van der Waals surface area contributed by atoms with Gasteiger partial charge in [0.05, 0.1) is 13.2 Å². The highest BCUT2D eigenvalue weighted by Crippen LogP contribution is 2.36. The lowest BCUT2D eigenvalue weighted by Gasteiger charge is -2.24. The van der Waals surface area contributed by atoms with Crippen molar-refractivity contribution < 1.29 is 9.53 Å². The smallest absolute Gasteiger partial charge is 0.315 e. The van der Waals surface area contributed by atoms with E-state index < -0.39 is 0 Å². The maximum atomic E-state index is 12.4. The Bertz CT molecular complexity index is 918. The monoisotopic (exact) mass is 349 g/mol. The molecular formula is C21H23N3O2. The minimum absolute atomic E-state index is 0.00733. The fourth-order valence-electron chi connectivity index (χ4n) is 3.70. The molecule has 5 nitrogen and oxygen atoms in total. The molecule has 1 aliphatic carbocycles. The highest BCUT2D eigenvalue weighted by molar-refractivity contribution is 5.87. The minimum atomic E-state index is -0.136. The molecule has 5 heteroatoms. The van der Waals surface area contributed by atoms with E-state index in [0.717, 1.165) is 41.8 Å².